The van der Waals surface area contributed by atoms with Crippen molar-refractivity contribution in [2.24, 2.45) is 5.92 Å². The second kappa shape index (κ2) is 8.69. The maximum absolute atomic E-state index is 13.1. The zero-order valence-corrected chi connectivity index (χ0v) is 19.0. The largest absolute Gasteiger partial charge is 0.342 e. The average Bonchev–Trinajstić information content (AvgIpc) is 3.39. The van der Waals surface area contributed by atoms with Crippen LogP contribution in [0.5, 0.6) is 0 Å². The second-order valence-electron chi connectivity index (χ2n) is 8.80. The van der Waals surface area contributed by atoms with E-state index in [4.69, 9.17) is 0 Å². The topological polar surface area (TPSA) is 95.9 Å². The van der Waals surface area contributed by atoms with Crippen molar-refractivity contribution in [2.45, 2.75) is 39.7 Å². The molecule has 0 saturated carbocycles. The van der Waals surface area contributed by atoms with Crippen molar-refractivity contribution in [3.8, 4) is 0 Å². The van der Waals surface area contributed by atoms with Gasteiger partial charge in [-0.2, -0.15) is 0 Å². The van der Waals surface area contributed by atoms with Crippen molar-refractivity contribution in [2.75, 3.05) is 18.4 Å². The molecule has 0 bridgehead atoms. The summed E-state index contributed by atoms with van der Waals surface area (Å²) < 4.78 is 2.06. The van der Waals surface area contributed by atoms with Gasteiger partial charge in [-0.3, -0.25) is 9.59 Å². The highest BCUT2D eigenvalue weighted by atomic mass is 16.2. The van der Waals surface area contributed by atoms with Gasteiger partial charge in [-0.25, -0.2) is 9.97 Å². The first-order chi connectivity index (χ1) is 16.0. The number of hydrogen-bond donors (Lipinski definition) is 2. The van der Waals surface area contributed by atoms with Crippen LogP contribution in [0.4, 0.5) is 5.69 Å². The Balaban J connectivity index is 1.22. The summed E-state index contributed by atoms with van der Waals surface area (Å²) in [7, 11) is 0. The highest BCUT2D eigenvalue weighted by molar-refractivity contribution is 5.97. The quantitative estimate of drug-likeness (QED) is 0.484. The lowest BCUT2D eigenvalue weighted by Crippen LogP contribution is -2.40. The summed E-state index contributed by atoms with van der Waals surface area (Å²) in [6.45, 7) is 6.13. The van der Waals surface area contributed by atoms with E-state index >= 15 is 0 Å². The molecule has 33 heavy (non-hydrogen) atoms. The molecule has 170 valence electrons. The van der Waals surface area contributed by atoms with Crippen LogP contribution in [-0.4, -0.2) is 49.3 Å². The summed E-state index contributed by atoms with van der Waals surface area (Å²) in [6, 6.07) is 11.4. The molecule has 0 radical (unpaired) electrons. The van der Waals surface area contributed by atoms with Crippen LogP contribution in [0.25, 0.3) is 22.1 Å². The summed E-state index contributed by atoms with van der Waals surface area (Å²) in [4.78, 5) is 39.7. The molecule has 1 saturated heterocycles. The van der Waals surface area contributed by atoms with Gasteiger partial charge in [0, 0.05) is 37.3 Å². The molecule has 8 nitrogen and oxygen atoms in total. The van der Waals surface area contributed by atoms with Crippen molar-refractivity contribution in [1.82, 2.24) is 24.4 Å². The summed E-state index contributed by atoms with van der Waals surface area (Å²) >= 11 is 0. The minimum absolute atomic E-state index is 0.00752. The lowest BCUT2D eigenvalue weighted by Gasteiger charge is -2.32. The number of fused-ring (bicyclic) bond motifs is 2. The Kier molecular flexibility index (Phi) is 5.58. The first-order valence-corrected chi connectivity index (χ1v) is 11.5. The summed E-state index contributed by atoms with van der Waals surface area (Å²) in [5.74, 6) is 0.965. The number of aromatic amines is 1. The Hall–Kier alpha value is -3.68. The van der Waals surface area contributed by atoms with Crippen LogP contribution in [0.15, 0.2) is 42.7 Å². The van der Waals surface area contributed by atoms with Gasteiger partial charge in [-0.05, 0) is 69.0 Å². The number of nitrogens with zero attached hydrogens (tertiary/aromatic N) is 4. The number of aryl methyl sites for hydroxylation is 2. The third kappa shape index (κ3) is 4.33. The monoisotopic (exact) mass is 444 g/mol. The van der Waals surface area contributed by atoms with Gasteiger partial charge in [0.2, 0.25) is 5.91 Å². The molecule has 1 atom stereocenters. The number of imidazole rings is 2. The molecule has 2 N–H and O–H groups in total. The number of benzene rings is 2. The molecule has 5 rings (SSSR count). The molecule has 1 fully saturated rings. The molecule has 2 aromatic carbocycles. The Morgan fingerprint density at radius 1 is 1.18 bits per heavy atom. The lowest BCUT2D eigenvalue weighted by molar-refractivity contribution is -0.117. The van der Waals surface area contributed by atoms with Crippen molar-refractivity contribution in [3.63, 3.8) is 0 Å². The number of carbonyl (C=O) groups excluding carboxylic acids is 2. The predicted octanol–water partition coefficient (Wildman–Crippen LogP) is 4.12. The average molecular weight is 445 g/mol. The molecule has 1 aliphatic rings. The van der Waals surface area contributed by atoms with Crippen LogP contribution in [0.2, 0.25) is 0 Å². The number of rotatable bonds is 5. The molecule has 8 heteroatoms. The van der Waals surface area contributed by atoms with E-state index in [1.165, 1.54) is 0 Å². The third-order valence-electron chi connectivity index (χ3n) is 6.37. The number of anilines is 1. The third-order valence-corrected chi connectivity index (χ3v) is 6.37. The van der Waals surface area contributed by atoms with Gasteiger partial charge >= 0.3 is 0 Å². The normalized spacial score (nSPS) is 16.4. The van der Waals surface area contributed by atoms with Crippen LogP contribution in [0.1, 0.15) is 42.4 Å². The maximum atomic E-state index is 13.1. The van der Waals surface area contributed by atoms with Gasteiger partial charge in [0.25, 0.3) is 5.91 Å². The molecule has 0 aliphatic carbocycles. The van der Waals surface area contributed by atoms with Gasteiger partial charge in [0.05, 0.1) is 28.4 Å². The molecule has 2 aromatic heterocycles. The van der Waals surface area contributed by atoms with E-state index < -0.39 is 0 Å². The van der Waals surface area contributed by atoms with Crippen molar-refractivity contribution >= 4 is 39.6 Å². The highest BCUT2D eigenvalue weighted by Gasteiger charge is 2.26. The van der Waals surface area contributed by atoms with Crippen LogP contribution in [-0.2, 0) is 11.3 Å². The minimum Gasteiger partial charge on any atom is -0.342 e. The number of hydrogen-bond acceptors (Lipinski definition) is 4. The van der Waals surface area contributed by atoms with E-state index in [2.05, 4.69) is 31.8 Å². The zero-order valence-electron chi connectivity index (χ0n) is 19.0. The molecule has 0 spiro atoms. The van der Waals surface area contributed by atoms with Crippen molar-refractivity contribution < 1.29 is 9.59 Å². The number of nitrogens with one attached hydrogen (secondary N) is 2. The maximum Gasteiger partial charge on any atom is 0.253 e. The first-order valence-electron chi connectivity index (χ1n) is 11.5. The van der Waals surface area contributed by atoms with Crippen molar-refractivity contribution in [1.29, 1.82) is 0 Å². The minimum atomic E-state index is -0.0311. The van der Waals surface area contributed by atoms with Crippen molar-refractivity contribution in [3.05, 3.63) is 54.1 Å². The van der Waals surface area contributed by atoms with E-state index in [-0.39, 0.29) is 17.7 Å². The SMILES string of the molecule is CCn1cnc2cc(C(=O)N3CCCC(CC(=O)Nc4ccc5nc(C)[nH]c5c4)C3)ccc21. The number of amides is 2. The molecular weight excluding hydrogens is 416 g/mol. The van der Waals surface area contributed by atoms with Crippen LogP contribution >= 0.6 is 0 Å². The zero-order chi connectivity index (χ0) is 22.9. The van der Waals surface area contributed by atoms with Gasteiger partial charge in [-0.1, -0.05) is 0 Å². The molecule has 1 unspecified atom stereocenters. The van der Waals surface area contributed by atoms with E-state index in [0.717, 1.165) is 53.0 Å². The number of carbonyl (C=O) groups is 2. The predicted molar refractivity (Wildman–Crippen MR) is 128 cm³/mol. The molecule has 1 aliphatic heterocycles. The number of piperidine rings is 1. The van der Waals surface area contributed by atoms with Gasteiger partial charge in [-0.15, -0.1) is 0 Å². The molecule has 2 amide bonds. The fraction of sp³-hybridized carbons (Fsp3) is 0.360. The standard InChI is InChI=1S/C25H28N6O2/c1-3-30-15-26-22-12-18(6-9-23(22)30)25(33)31-10-4-5-17(14-31)11-24(32)29-19-7-8-20-21(13-19)28-16(2)27-20/h6-9,12-13,15,17H,3-5,10-11,14H2,1-2H3,(H,27,28)(H,29,32). The van der Waals surface area contributed by atoms with E-state index in [0.29, 0.717) is 25.1 Å². The summed E-state index contributed by atoms with van der Waals surface area (Å²) in [5.41, 5.74) is 5.05. The van der Waals surface area contributed by atoms with E-state index in [1.54, 1.807) is 6.33 Å². The lowest BCUT2D eigenvalue weighted by atomic mass is 9.94. The molecule has 3 heterocycles. The first kappa shape index (κ1) is 21.2. The fourth-order valence-corrected chi connectivity index (χ4v) is 4.74. The Morgan fingerprint density at radius 3 is 2.91 bits per heavy atom. The smallest absolute Gasteiger partial charge is 0.253 e. The van der Waals surface area contributed by atoms with Crippen LogP contribution in [0, 0.1) is 12.8 Å². The molecular formula is C25H28N6O2. The highest BCUT2D eigenvalue weighted by Crippen LogP contribution is 2.24. The number of likely N-dealkylation sites (tertiary alicyclic amines) is 1. The Morgan fingerprint density at radius 2 is 2.06 bits per heavy atom. The summed E-state index contributed by atoms with van der Waals surface area (Å²) in [6.07, 6.45) is 4.04. The van der Waals surface area contributed by atoms with Gasteiger partial charge < -0.3 is 19.8 Å². The Labute approximate surface area is 192 Å². The number of aromatic nitrogens is 4. The van der Waals surface area contributed by atoms with E-state index in [9.17, 15) is 9.59 Å². The van der Waals surface area contributed by atoms with Crippen LogP contribution in [0.3, 0.4) is 0 Å². The van der Waals surface area contributed by atoms with Gasteiger partial charge in [0.1, 0.15) is 5.82 Å². The van der Waals surface area contributed by atoms with E-state index in [1.807, 2.05) is 48.2 Å². The van der Waals surface area contributed by atoms with Crippen LogP contribution < -0.4 is 5.32 Å². The second-order valence-corrected chi connectivity index (χ2v) is 8.80. The Bertz CT molecular complexity index is 1340. The van der Waals surface area contributed by atoms with Gasteiger partial charge in [0.15, 0.2) is 0 Å². The summed E-state index contributed by atoms with van der Waals surface area (Å²) in [5, 5.41) is 2.99. The molecule has 4 aromatic rings. The fourth-order valence-electron chi connectivity index (χ4n) is 4.74. The number of H-pyrrole nitrogens is 1.